The maximum atomic E-state index is 12.9. The van der Waals surface area contributed by atoms with E-state index in [1.54, 1.807) is 35.2 Å². The molecule has 0 aromatic heterocycles. The Morgan fingerprint density at radius 1 is 1.04 bits per heavy atom. The average Bonchev–Trinajstić information content (AvgIpc) is 3.14. The predicted molar refractivity (Wildman–Crippen MR) is 102 cm³/mol. The number of halogens is 1. The van der Waals surface area contributed by atoms with E-state index in [-0.39, 0.29) is 37.5 Å². The van der Waals surface area contributed by atoms with E-state index in [2.05, 4.69) is 10.6 Å². The monoisotopic (exact) mass is 387 g/mol. The summed E-state index contributed by atoms with van der Waals surface area (Å²) in [4.78, 5) is 26.1. The molecule has 7 nitrogen and oxygen atoms in total. The molecule has 0 spiro atoms. The maximum absolute atomic E-state index is 12.9. The van der Waals surface area contributed by atoms with Crippen molar-refractivity contribution >= 4 is 17.5 Å². The molecule has 0 aliphatic carbocycles. The number of hydrogen-bond acceptors (Lipinski definition) is 5. The molecule has 1 heterocycles. The molecule has 2 N–H and O–H groups in total. The quantitative estimate of drug-likeness (QED) is 0.725. The van der Waals surface area contributed by atoms with Crippen molar-refractivity contribution in [3.8, 4) is 11.5 Å². The molecule has 0 atom stereocenters. The van der Waals surface area contributed by atoms with Crippen LogP contribution in [0.2, 0.25) is 0 Å². The number of anilines is 1. The Balaban J connectivity index is 1.45. The van der Waals surface area contributed by atoms with Crippen LogP contribution in [-0.2, 0) is 16.1 Å². The van der Waals surface area contributed by atoms with Crippen LogP contribution in [0.15, 0.2) is 42.5 Å². The number of nitrogens with one attached hydrogen (secondary N) is 2. The van der Waals surface area contributed by atoms with Crippen molar-refractivity contribution in [2.24, 2.45) is 0 Å². The van der Waals surface area contributed by atoms with Crippen molar-refractivity contribution in [2.45, 2.75) is 13.5 Å². The number of carbonyl (C=O) groups is 2. The summed E-state index contributed by atoms with van der Waals surface area (Å²) in [5.41, 5.74) is 1.41. The second-order valence-electron chi connectivity index (χ2n) is 6.32. The minimum Gasteiger partial charge on any atom is -0.454 e. The molecule has 0 radical (unpaired) electrons. The third-order valence-corrected chi connectivity index (χ3v) is 4.24. The smallest absolute Gasteiger partial charge is 0.238 e. The van der Waals surface area contributed by atoms with Crippen LogP contribution in [0.1, 0.15) is 12.5 Å². The second-order valence-corrected chi connectivity index (χ2v) is 6.32. The number of rotatable bonds is 8. The number of ether oxygens (including phenoxy) is 2. The van der Waals surface area contributed by atoms with Crippen molar-refractivity contribution in [1.82, 2.24) is 10.2 Å². The van der Waals surface area contributed by atoms with Gasteiger partial charge in [0.25, 0.3) is 0 Å². The predicted octanol–water partition coefficient (Wildman–Crippen LogP) is 2.13. The summed E-state index contributed by atoms with van der Waals surface area (Å²) >= 11 is 0. The van der Waals surface area contributed by atoms with Crippen molar-refractivity contribution in [2.75, 3.05) is 31.7 Å². The van der Waals surface area contributed by atoms with Crippen LogP contribution in [0.4, 0.5) is 10.1 Å². The SMILES string of the molecule is CCN(CC(=O)NCc1ccc(F)cc1)CC(=O)Nc1ccc2c(c1)OCO2. The second kappa shape index (κ2) is 9.18. The van der Waals surface area contributed by atoms with Gasteiger partial charge in [-0.05, 0) is 36.4 Å². The fraction of sp³-hybridized carbons (Fsp3) is 0.300. The van der Waals surface area contributed by atoms with E-state index in [0.29, 0.717) is 30.3 Å². The van der Waals surface area contributed by atoms with Gasteiger partial charge in [-0.1, -0.05) is 19.1 Å². The van der Waals surface area contributed by atoms with E-state index >= 15 is 0 Å². The van der Waals surface area contributed by atoms with Gasteiger partial charge < -0.3 is 20.1 Å². The Kier molecular flexibility index (Phi) is 6.44. The van der Waals surface area contributed by atoms with Gasteiger partial charge in [-0.2, -0.15) is 0 Å². The highest BCUT2D eigenvalue weighted by Crippen LogP contribution is 2.34. The molecule has 0 saturated carbocycles. The molecule has 0 fully saturated rings. The standard InChI is InChI=1S/C20H22FN3O4/c1-2-24(11-19(25)22-10-14-3-5-15(21)6-4-14)12-20(26)23-16-7-8-17-18(9-16)28-13-27-17/h3-9H,2,10-13H2,1H3,(H,22,25)(H,23,26). The van der Waals surface area contributed by atoms with Crippen LogP contribution >= 0.6 is 0 Å². The Morgan fingerprint density at radius 2 is 1.75 bits per heavy atom. The third kappa shape index (κ3) is 5.43. The maximum Gasteiger partial charge on any atom is 0.238 e. The fourth-order valence-corrected chi connectivity index (χ4v) is 2.72. The van der Waals surface area contributed by atoms with Gasteiger partial charge in [0.2, 0.25) is 18.6 Å². The number of nitrogens with zero attached hydrogens (tertiary/aromatic N) is 1. The number of benzene rings is 2. The fourth-order valence-electron chi connectivity index (χ4n) is 2.72. The molecule has 1 aliphatic heterocycles. The molecular weight excluding hydrogens is 365 g/mol. The van der Waals surface area contributed by atoms with Crippen LogP contribution in [0.3, 0.4) is 0 Å². The number of amides is 2. The van der Waals surface area contributed by atoms with Gasteiger partial charge in [0, 0.05) is 18.3 Å². The van der Waals surface area contributed by atoms with Gasteiger partial charge in [0.05, 0.1) is 13.1 Å². The molecule has 0 saturated heterocycles. The molecule has 1 aliphatic rings. The van der Waals surface area contributed by atoms with Crippen molar-refractivity contribution in [3.63, 3.8) is 0 Å². The number of carbonyl (C=O) groups excluding carboxylic acids is 2. The first kappa shape index (κ1) is 19.6. The minimum absolute atomic E-state index is 0.0783. The summed E-state index contributed by atoms with van der Waals surface area (Å²) in [6.07, 6.45) is 0. The molecule has 2 aromatic carbocycles. The molecule has 28 heavy (non-hydrogen) atoms. The van der Waals surface area contributed by atoms with Crippen LogP contribution in [-0.4, -0.2) is 43.1 Å². The Hall–Kier alpha value is -3.13. The summed E-state index contributed by atoms with van der Waals surface area (Å²) in [5.74, 6) is 0.478. The van der Waals surface area contributed by atoms with Gasteiger partial charge in [-0.25, -0.2) is 4.39 Å². The van der Waals surface area contributed by atoms with E-state index in [4.69, 9.17) is 9.47 Å². The third-order valence-electron chi connectivity index (χ3n) is 4.24. The Bertz CT molecular complexity index is 842. The molecule has 8 heteroatoms. The molecule has 2 amide bonds. The normalized spacial score (nSPS) is 12.1. The topological polar surface area (TPSA) is 79.9 Å². The first-order valence-electron chi connectivity index (χ1n) is 8.96. The lowest BCUT2D eigenvalue weighted by Crippen LogP contribution is -2.40. The summed E-state index contributed by atoms with van der Waals surface area (Å²) in [6, 6.07) is 11.1. The van der Waals surface area contributed by atoms with E-state index in [1.165, 1.54) is 12.1 Å². The molecule has 148 valence electrons. The summed E-state index contributed by atoms with van der Waals surface area (Å²) in [5, 5.41) is 5.56. The highest BCUT2D eigenvalue weighted by atomic mass is 19.1. The first-order chi connectivity index (χ1) is 13.5. The number of hydrogen-bond donors (Lipinski definition) is 2. The average molecular weight is 387 g/mol. The van der Waals surface area contributed by atoms with Gasteiger partial charge in [-0.15, -0.1) is 0 Å². The van der Waals surface area contributed by atoms with Crippen LogP contribution in [0.5, 0.6) is 11.5 Å². The number of fused-ring (bicyclic) bond motifs is 1. The molecular formula is C20H22FN3O4. The van der Waals surface area contributed by atoms with Crippen LogP contribution < -0.4 is 20.1 Å². The zero-order valence-electron chi connectivity index (χ0n) is 15.5. The number of likely N-dealkylation sites (N-methyl/N-ethyl adjacent to an activating group) is 1. The lowest BCUT2D eigenvalue weighted by atomic mass is 10.2. The highest BCUT2D eigenvalue weighted by molar-refractivity contribution is 5.93. The largest absolute Gasteiger partial charge is 0.454 e. The first-order valence-corrected chi connectivity index (χ1v) is 8.96. The lowest BCUT2D eigenvalue weighted by Gasteiger charge is -2.19. The molecule has 2 aromatic rings. The molecule has 0 unspecified atom stereocenters. The van der Waals surface area contributed by atoms with E-state index in [9.17, 15) is 14.0 Å². The van der Waals surface area contributed by atoms with Crippen molar-refractivity contribution in [3.05, 3.63) is 53.8 Å². The Labute approximate surface area is 162 Å². The molecule has 0 bridgehead atoms. The lowest BCUT2D eigenvalue weighted by molar-refractivity contribution is -0.123. The van der Waals surface area contributed by atoms with Crippen molar-refractivity contribution in [1.29, 1.82) is 0 Å². The van der Waals surface area contributed by atoms with Crippen LogP contribution in [0.25, 0.3) is 0 Å². The zero-order valence-corrected chi connectivity index (χ0v) is 15.5. The summed E-state index contributed by atoms with van der Waals surface area (Å²) < 4.78 is 23.4. The van der Waals surface area contributed by atoms with Gasteiger partial charge in [0.15, 0.2) is 11.5 Å². The van der Waals surface area contributed by atoms with Gasteiger partial charge >= 0.3 is 0 Å². The highest BCUT2D eigenvalue weighted by Gasteiger charge is 2.16. The van der Waals surface area contributed by atoms with E-state index < -0.39 is 0 Å². The zero-order chi connectivity index (χ0) is 19.9. The van der Waals surface area contributed by atoms with Gasteiger partial charge in [-0.3, -0.25) is 14.5 Å². The van der Waals surface area contributed by atoms with E-state index in [0.717, 1.165) is 5.56 Å². The Morgan fingerprint density at radius 3 is 2.50 bits per heavy atom. The minimum atomic E-state index is -0.319. The summed E-state index contributed by atoms with van der Waals surface area (Å²) in [7, 11) is 0. The van der Waals surface area contributed by atoms with E-state index in [1.807, 2.05) is 6.92 Å². The van der Waals surface area contributed by atoms with Gasteiger partial charge in [0.1, 0.15) is 5.82 Å². The van der Waals surface area contributed by atoms with Crippen molar-refractivity contribution < 1.29 is 23.5 Å². The summed E-state index contributed by atoms with van der Waals surface area (Å²) in [6.45, 7) is 3.06. The van der Waals surface area contributed by atoms with Crippen LogP contribution in [0, 0.1) is 5.82 Å². The molecule has 3 rings (SSSR count).